The van der Waals surface area contributed by atoms with Crippen LogP contribution < -0.4 is 11.1 Å². The number of aliphatic imine (C=N–C) groups is 1. The van der Waals surface area contributed by atoms with Crippen molar-refractivity contribution in [3.05, 3.63) is 29.3 Å². The Hall–Kier alpha value is -1.65. The Morgan fingerprint density at radius 1 is 1.35 bits per heavy atom. The highest BCUT2D eigenvalue weighted by molar-refractivity contribution is 5.94. The first-order valence-electron chi connectivity index (χ1n) is 7.06. The third-order valence-corrected chi connectivity index (χ3v) is 3.69. The van der Waals surface area contributed by atoms with Crippen molar-refractivity contribution in [2.24, 2.45) is 16.6 Å². The number of hydrogen-bond donors (Lipinski definition) is 2. The van der Waals surface area contributed by atoms with E-state index in [1.807, 2.05) is 18.2 Å². The van der Waals surface area contributed by atoms with Crippen molar-refractivity contribution in [3.8, 4) is 0 Å². The molecule has 0 amide bonds. The Labute approximate surface area is 118 Å². The summed E-state index contributed by atoms with van der Waals surface area (Å²) in [6.45, 7) is 4.14. The number of anilines is 1. The molecule has 0 heterocycles. The largest absolute Gasteiger partial charge is 0.370 e. The second-order valence-corrected chi connectivity index (χ2v) is 5.10. The fourth-order valence-electron chi connectivity index (χ4n) is 2.36. The standard InChI is InChI=1S/C15H21F2N3/c1-3-9-6-5-7-10(4-2)13(9)20-15(18)19-12-8-11(12)14(16)17/h5-7,11-12,14H,3-4,8H2,1-2H3,(H3,18,19,20)/t11-,12-/m0/s1. The third-order valence-electron chi connectivity index (χ3n) is 3.69. The van der Waals surface area contributed by atoms with Crippen LogP contribution in [0.2, 0.25) is 0 Å². The Balaban J connectivity index is 2.12. The minimum atomic E-state index is -2.30. The molecule has 0 saturated heterocycles. The van der Waals surface area contributed by atoms with Gasteiger partial charge >= 0.3 is 0 Å². The van der Waals surface area contributed by atoms with Gasteiger partial charge in [0.25, 0.3) is 0 Å². The van der Waals surface area contributed by atoms with Gasteiger partial charge in [-0.25, -0.2) is 13.8 Å². The van der Waals surface area contributed by atoms with E-state index in [0.29, 0.717) is 6.42 Å². The second-order valence-electron chi connectivity index (χ2n) is 5.10. The molecule has 5 heteroatoms. The summed E-state index contributed by atoms with van der Waals surface area (Å²) < 4.78 is 24.9. The predicted molar refractivity (Wildman–Crippen MR) is 78.3 cm³/mol. The van der Waals surface area contributed by atoms with Gasteiger partial charge < -0.3 is 11.1 Å². The lowest BCUT2D eigenvalue weighted by Gasteiger charge is -2.14. The lowest BCUT2D eigenvalue weighted by molar-refractivity contribution is 0.121. The Morgan fingerprint density at radius 2 is 1.95 bits per heavy atom. The number of nitrogens with two attached hydrogens (primary N) is 1. The maximum atomic E-state index is 12.5. The van der Waals surface area contributed by atoms with Gasteiger partial charge in [0.2, 0.25) is 6.43 Å². The summed E-state index contributed by atoms with van der Waals surface area (Å²) in [7, 11) is 0. The van der Waals surface area contributed by atoms with Crippen molar-refractivity contribution in [3.63, 3.8) is 0 Å². The predicted octanol–water partition coefficient (Wildman–Crippen LogP) is 3.19. The fourth-order valence-corrected chi connectivity index (χ4v) is 2.36. The van der Waals surface area contributed by atoms with Crippen LogP contribution in [0.25, 0.3) is 0 Å². The van der Waals surface area contributed by atoms with Crippen molar-refractivity contribution in [1.82, 2.24) is 0 Å². The molecule has 0 aliphatic heterocycles. The molecule has 1 saturated carbocycles. The molecule has 0 aromatic heterocycles. The highest BCUT2D eigenvalue weighted by Gasteiger charge is 2.44. The molecule has 0 spiro atoms. The zero-order chi connectivity index (χ0) is 14.7. The van der Waals surface area contributed by atoms with E-state index < -0.39 is 12.3 Å². The first kappa shape index (κ1) is 14.8. The number of benzene rings is 1. The second kappa shape index (κ2) is 6.20. The first-order valence-corrected chi connectivity index (χ1v) is 7.06. The van der Waals surface area contributed by atoms with Crippen LogP contribution in [0.15, 0.2) is 23.2 Å². The summed E-state index contributed by atoms with van der Waals surface area (Å²) in [5.74, 6) is -0.392. The van der Waals surface area contributed by atoms with E-state index in [1.165, 1.54) is 0 Å². The first-order chi connectivity index (χ1) is 9.56. The van der Waals surface area contributed by atoms with E-state index in [1.54, 1.807) is 0 Å². The summed E-state index contributed by atoms with van der Waals surface area (Å²) in [5, 5.41) is 3.09. The third kappa shape index (κ3) is 3.26. The number of rotatable bonds is 5. The van der Waals surface area contributed by atoms with Crippen molar-refractivity contribution in [2.75, 3.05) is 5.32 Å². The van der Waals surface area contributed by atoms with E-state index in [0.717, 1.165) is 29.7 Å². The molecule has 0 radical (unpaired) electrons. The SMILES string of the molecule is CCc1cccc(CC)c1NC(N)=N[C@H]1C[C@@H]1C(F)F. The molecule has 110 valence electrons. The highest BCUT2D eigenvalue weighted by Crippen LogP contribution is 2.39. The van der Waals surface area contributed by atoms with Crippen LogP contribution in [0.1, 0.15) is 31.4 Å². The number of nitrogens with one attached hydrogen (secondary N) is 1. The number of guanidine groups is 1. The molecule has 0 unspecified atom stereocenters. The molecule has 1 aliphatic carbocycles. The summed E-state index contributed by atoms with van der Waals surface area (Å²) in [4.78, 5) is 4.14. The van der Waals surface area contributed by atoms with Gasteiger partial charge in [0.1, 0.15) is 0 Å². The fraction of sp³-hybridized carbons (Fsp3) is 0.533. The lowest BCUT2D eigenvalue weighted by Crippen LogP contribution is -2.25. The van der Waals surface area contributed by atoms with Crippen LogP contribution >= 0.6 is 0 Å². The molecular formula is C15H21F2N3. The van der Waals surface area contributed by atoms with Crippen LogP contribution in [-0.4, -0.2) is 18.4 Å². The van der Waals surface area contributed by atoms with Crippen molar-refractivity contribution in [2.45, 2.75) is 45.6 Å². The number of halogens is 2. The number of hydrogen-bond acceptors (Lipinski definition) is 1. The van der Waals surface area contributed by atoms with Gasteiger partial charge in [0.05, 0.1) is 6.04 Å². The van der Waals surface area contributed by atoms with E-state index in [9.17, 15) is 8.78 Å². The topological polar surface area (TPSA) is 50.4 Å². The van der Waals surface area contributed by atoms with Crippen LogP contribution in [0.5, 0.6) is 0 Å². The summed E-state index contributed by atoms with van der Waals surface area (Å²) in [6.07, 6.45) is -0.111. The molecule has 1 fully saturated rings. The van der Waals surface area contributed by atoms with Crippen LogP contribution in [0, 0.1) is 5.92 Å². The van der Waals surface area contributed by atoms with Crippen LogP contribution in [0.3, 0.4) is 0 Å². The summed E-state index contributed by atoms with van der Waals surface area (Å²) in [6, 6.07) is 5.76. The van der Waals surface area contributed by atoms with E-state index in [4.69, 9.17) is 5.73 Å². The van der Waals surface area contributed by atoms with Crippen molar-refractivity contribution in [1.29, 1.82) is 0 Å². The monoisotopic (exact) mass is 281 g/mol. The molecule has 0 bridgehead atoms. The quantitative estimate of drug-likeness (QED) is 0.643. The minimum absolute atomic E-state index is 0.230. The van der Waals surface area contributed by atoms with E-state index in [2.05, 4.69) is 24.2 Å². The zero-order valence-electron chi connectivity index (χ0n) is 11.9. The van der Waals surface area contributed by atoms with Crippen molar-refractivity contribution < 1.29 is 8.78 Å². The molecule has 1 aliphatic rings. The highest BCUT2D eigenvalue weighted by atomic mass is 19.3. The Kier molecular flexibility index (Phi) is 4.57. The number of nitrogens with zero attached hydrogens (tertiary/aromatic N) is 1. The van der Waals surface area contributed by atoms with Gasteiger partial charge in [-0.1, -0.05) is 32.0 Å². The Morgan fingerprint density at radius 3 is 2.40 bits per heavy atom. The average molecular weight is 281 g/mol. The molecule has 2 rings (SSSR count). The number of aryl methyl sites for hydroxylation is 2. The average Bonchev–Trinajstić information content (AvgIpc) is 3.18. The van der Waals surface area contributed by atoms with E-state index >= 15 is 0 Å². The van der Waals surface area contributed by atoms with Crippen LogP contribution in [0.4, 0.5) is 14.5 Å². The van der Waals surface area contributed by atoms with Crippen LogP contribution in [-0.2, 0) is 12.8 Å². The van der Waals surface area contributed by atoms with Gasteiger partial charge in [0.15, 0.2) is 5.96 Å². The molecule has 2 atom stereocenters. The molecule has 3 N–H and O–H groups in total. The molecule has 20 heavy (non-hydrogen) atoms. The maximum Gasteiger partial charge on any atom is 0.243 e. The molecule has 3 nitrogen and oxygen atoms in total. The lowest BCUT2D eigenvalue weighted by atomic mass is 10.0. The molecule has 1 aromatic rings. The zero-order valence-corrected chi connectivity index (χ0v) is 11.9. The Bertz CT molecular complexity index is 478. The number of para-hydroxylation sites is 1. The van der Waals surface area contributed by atoms with E-state index in [-0.39, 0.29) is 12.0 Å². The maximum absolute atomic E-state index is 12.5. The van der Waals surface area contributed by atoms with Gasteiger partial charge in [-0.05, 0) is 30.4 Å². The smallest absolute Gasteiger partial charge is 0.243 e. The molecular weight excluding hydrogens is 260 g/mol. The van der Waals surface area contributed by atoms with Gasteiger partial charge in [-0.2, -0.15) is 0 Å². The minimum Gasteiger partial charge on any atom is -0.370 e. The summed E-state index contributed by atoms with van der Waals surface area (Å²) in [5.41, 5.74) is 9.13. The van der Waals surface area contributed by atoms with Gasteiger partial charge in [0, 0.05) is 11.6 Å². The normalized spacial score (nSPS) is 22.1. The number of alkyl halides is 2. The summed E-state index contributed by atoms with van der Waals surface area (Å²) >= 11 is 0. The van der Waals surface area contributed by atoms with Crippen molar-refractivity contribution >= 4 is 11.6 Å². The van der Waals surface area contributed by atoms with Gasteiger partial charge in [-0.3, -0.25) is 0 Å². The molecule has 1 aromatic carbocycles. The van der Waals surface area contributed by atoms with Gasteiger partial charge in [-0.15, -0.1) is 0 Å².